The SMILES string of the molecule is CC(Oc1c(Cl)cccc1Cl)C1=NCCN1.[Cl-]. The average molecular weight is 295 g/mol. The third kappa shape index (κ3) is 3.41. The molecule has 6 heteroatoms. The van der Waals surface area contributed by atoms with Gasteiger partial charge in [0.1, 0.15) is 5.84 Å². The number of rotatable bonds is 3. The molecule has 0 fully saturated rings. The predicted molar refractivity (Wildman–Crippen MR) is 66.9 cm³/mol. The molecule has 0 saturated carbocycles. The molecule has 0 aromatic heterocycles. The van der Waals surface area contributed by atoms with E-state index in [-0.39, 0.29) is 18.5 Å². The molecule has 1 aromatic rings. The smallest absolute Gasteiger partial charge is 0.157 e. The molecule has 1 aliphatic rings. The second-order valence-corrected chi connectivity index (χ2v) is 4.32. The molecule has 0 radical (unpaired) electrons. The second-order valence-electron chi connectivity index (χ2n) is 3.50. The maximum absolute atomic E-state index is 6.01. The lowest BCUT2D eigenvalue weighted by atomic mass is 10.3. The van der Waals surface area contributed by atoms with Gasteiger partial charge in [-0.1, -0.05) is 29.3 Å². The van der Waals surface area contributed by atoms with E-state index in [1.807, 2.05) is 6.92 Å². The van der Waals surface area contributed by atoms with Gasteiger partial charge in [0.25, 0.3) is 0 Å². The van der Waals surface area contributed by atoms with E-state index in [0.29, 0.717) is 15.8 Å². The topological polar surface area (TPSA) is 33.6 Å². The van der Waals surface area contributed by atoms with Crippen molar-refractivity contribution in [3.05, 3.63) is 28.2 Å². The maximum Gasteiger partial charge on any atom is 0.157 e. The van der Waals surface area contributed by atoms with E-state index < -0.39 is 0 Å². The first kappa shape index (κ1) is 14.4. The molecule has 1 atom stereocenters. The van der Waals surface area contributed by atoms with Crippen LogP contribution < -0.4 is 22.5 Å². The molecule has 0 spiro atoms. The zero-order valence-electron chi connectivity index (χ0n) is 9.21. The van der Waals surface area contributed by atoms with E-state index >= 15 is 0 Å². The lowest BCUT2D eigenvalue weighted by molar-refractivity contribution is -0.00000377. The van der Waals surface area contributed by atoms with Crippen molar-refractivity contribution in [3.8, 4) is 5.75 Å². The Morgan fingerprint density at radius 3 is 2.53 bits per heavy atom. The quantitative estimate of drug-likeness (QED) is 0.835. The number of aliphatic imine (C=N–C) groups is 1. The molecule has 0 aliphatic carbocycles. The number of ether oxygens (including phenoxy) is 1. The fourth-order valence-corrected chi connectivity index (χ4v) is 2.00. The van der Waals surface area contributed by atoms with Crippen molar-refractivity contribution in [1.29, 1.82) is 0 Å². The van der Waals surface area contributed by atoms with Crippen LogP contribution in [0.5, 0.6) is 5.75 Å². The molecular weight excluding hydrogens is 282 g/mol. The molecule has 1 aromatic carbocycles. The third-order valence-electron chi connectivity index (χ3n) is 2.30. The van der Waals surface area contributed by atoms with Gasteiger partial charge in [0.15, 0.2) is 11.9 Å². The Bertz CT molecular complexity index is 403. The number of benzene rings is 1. The summed E-state index contributed by atoms with van der Waals surface area (Å²) >= 11 is 12.0. The number of nitrogens with one attached hydrogen (secondary N) is 1. The van der Waals surface area contributed by atoms with Crippen LogP contribution in [0.2, 0.25) is 10.0 Å². The summed E-state index contributed by atoms with van der Waals surface area (Å²) in [5.41, 5.74) is 0. The fourth-order valence-electron chi connectivity index (χ4n) is 1.52. The van der Waals surface area contributed by atoms with Gasteiger partial charge in [-0.25, -0.2) is 0 Å². The van der Waals surface area contributed by atoms with Gasteiger partial charge in [0.2, 0.25) is 0 Å². The van der Waals surface area contributed by atoms with Gasteiger partial charge in [0.05, 0.1) is 16.6 Å². The van der Waals surface area contributed by atoms with Crippen molar-refractivity contribution < 1.29 is 17.1 Å². The van der Waals surface area contributed by atoms with Crippen LogP contribution in [0.25, 0.3) is 0 Å². The van der Waals surface area contributed by atoms with E-state index in [9.17, 15) is 0 Å². The molecule has 0 bridgehead atoms. The summed E-state index contributed by atoms with van der Waals surface area (Å²) < 4.78 is 5.70. The number of hydrogen-bond acceptors (Lipinski definition) is 3. The fraction of sp³-hybridized carbons (Fsp3) is 0.364. The van der Waals surface area contributed by atoms with Gasteiger partial charge >= 0.3 is 0 Å². The highest BCUT2D eigenvalue weighted by atomic mass is 35.5. The van der Waals surface area contributed by atoms with Crippen molar-refractivity contribution >= 4 is 29.0 Å². The Morgan fingerprint density at radius 2 is 2.00 bits per heavy atom. The molecule has 3 nitrogen and oxygen atoms in total. The molecule has 1 N–H and O–H groups in total. The third-order valence-corrected chi connectivity index (χ3v) is 2.89. The van der Waals surface area contributed by atoms with Gasteiger partial charge in [0, 0.05) is 6.54 Å². The first-order valence-electron chi connectivity index (χ1n) is 5.07. The molecule has 17 heavy (non-hydrogen) atoms. The minimum absolute atomic E-state index is 0. The van der Waals surface area contributed by atoms with Crippen LogP contribution in [0.1, 0.15) is 6.92 Å². The summed E-state index contributed by atoms with van der Waals surface area (Å²) in [5, 5.41) is 4.18. The number of hydrogen-bond donors (Lipinski definition) is 1. The van der Waals surface area contributed by atoms with Crippen molar-refractivity contribution in [3.63, 3.8) is 0 Å². The molecule has 1 heterocycles. The summed E-state index contributed by atoms with van der Waals surface area (Å²) in [6.07, 6.45) is -0.167. The molecule has 94 valence electrons. The molecule has 0 amide bonds. The van der Waals surface area contributed by atoms with Gasteiger partial charge in [-0.05, 0) is 19.1 Å². The number of amidine groups is 1. The van der Waals surface area contributed by atoms with Crippen molar-refractivity contribution in [1.82, 2.24) is 5.32 Å². The number of para-hydroxylation sites is 1. The summed E-state index contributed by atoms with van der Waals surface area (Å²) in [4.78, 5) is 4.29. The first-order valence-corrected chi connectivity index (χ1v) is 5.83. The highest BCUT2D eigenvalue weighted by Gasteiger charge is 2.17. The Labute approximate surface area is 117 Å². The van der Waals surface area contributed by atoms with Crippen LogP contribution >= 0.6 is 23.2 Å². The molecule has 1 aliphatic heterocycles. The monoisotopic (exact) mass is 293 g/mol. The van der Waals surface area contributed by atoms with Crippen LogP contribution in [0, 0.1) is 0 Å². The largest absolute Gasteiger partial charge is 1.00 e. The summed E-state index contributed by atoms with van der Waals surface area (Å²) in [6, 6.07) is 5.28. The number of nitrogens with zero attached hydrogens (tertiary/aromatic N) is 1. The summed E-state index contributed by atoms with van der Waals surface area (Å²) in [5.74, 6) is 1.35. The van der Waals surface area contributed by atoms with E-state index in [1.54, 1.807) is 18.2 Å². The van der Waals surface area contributed by atoms with Crippen LogP contribution in [0.15, 0.2) is 23.2 Å². The van der Waals surface area contributed by atoms with Gasteiger partial charge in [-0.15, -0.1) is 0 Å². The molecule has 2 rings (SSSR count). The van der Waals surface area contributed by atoms with Gasteiger partial charge in [-0.2, -0.15) is 0 Å². The van der Waals surface area contributed by atoms with Crippen LogP contribution in [-0.4, -0.2) is 25.0 Å². The van der Waals surface area contributed by atoms with Crippen LogP contribution in [0.3, 0.4) is 0 Å². The van der Waals surface area contributed by atoms with Crippen LogP contribution in [0.4, 0.5) is 0 Å². The first-order chi connectivity index (χ1) is 7.68. The Morgan fingerprint density at radius 1 is 1.35 bits per heavy atom. The normalized spacial score (nSPS) is 15.6. The minimum atomic E-state index is -0.167. The van der Waals surface area contributed by atoms with Gasteiger partial charge in [-0.3, -0.25) is 4.99 Å². The lowest BCUT2D eigenvalue weighted by Gasteiger charge is -2.16. The van der Waals surface area contributed by atoms with Crippen molar-refractivity contribution in [2.24, 2.45) is 4.99 Å². The predicted octanol–water partition coefficient (Wildman–Crippen LogP) is -0.234. The average Bonchev–Trinajstić information content (AvgIpc) is 2.76. The van der Waals surface area contributed by atoms with E-state index in [4.69, 9.17) is 27.9 Å². The van der Waals surface area contributed by atoms with Crippen molar-refractivity contribution in [2.75, 3.05) is 13.1 Å². The lowest BCUT2D eigenvalue weighted by Crippen LogP contribution is -3.00. The summed E-state index contributed by atoms with van der Waals surface area (Å²) in [6.45, 7) is 3.56. The molecular formula is C11H12Cl3N2O-. The standard InChI is InChI=1S/C11H12Cl2N2O.ClH/c1-7(11-14-5-6-15-11)16-10-8(12)3-2-4-9(10)13;/h2-4,7H,5-6H2,1H3,(H,14,15);1H/p-1. The van der Waals surface area contributed by atoms with Crippen molar-refractivity contribution in [2.45, 2.75) is 13.0 Å². The summed E-state index contributed by atoms with van der Waals surface area (Å²) in [7, 11) is 0. The zero-order chi connectivity index (χ0) is 11.5. The van der Waals surface area contributed by atoms with E-state index in [2.05, 4.69) is 10.3 Å². The van der Waals surface area contributed by atoms with E-state index in [0.717, 1.165) is 18.9 Å². The maximum atomic E-state index is 6.01. The Kier molecular flexibility index (Phi) is 5.37. The van der Waals surface area contributed by atoms with E-state index in [1.165, 1.54) is 0 Å². The Hall–Kier alpha value is -0.640. The second kappa shape index (κ2) is 6.34. The highest BCUT2D eigenvalue weighted by molar-refractivity contribution is 6.37. The highest BCUT2D eigenvalue weighted by Crippen LogP contribution is 2.33. The zero-order valence-corrected chi connectivity index (χ0v) is 11.5. The minimum Gasteiger partial charge on any atom is -1.00 e. The number of halogens is 3. The van der Waals surface area contributed by atoms with Gasteiger partial charge < -0.3 is 22.5 Å². The Balaban J connectivity index is 0.00000144. The van der Waals surface area contributed by atoms with Crippen LogP contribution in [-0.2, 0) is 0 Å². The molecule has 0 saturated heterocycles. The molecule has 1 unspecified atom stereocenters.